The molecule has 0 spiro atoms. The number of hydrogen-bond acceptors (Lipinski definition) is 4. The van der Waals surface area contributed by atoms with Crippen molar-refractivity contribution in [3.8, 4) is 28.5 Å². The van der Waals surface area contributed by atoms with E-state index in [-0.39, 0.29) is 12.1 Å². The number of aryl methyl sites for hydroxylation is 1. The van der Waals surface area contributed by atoms with E-state index in [1.54, 1.807) is 18.5 Å². The maximum atomic E-state index is 15.7. The van der Waals surface area contributed by atoms with Gasteiger partial charge < -0.3 is 9.47 Å². The fourth-order valence-electron chi connectivity index (χ4n) is 5.36. The van der Waals surface area contributed by atoms with Crippen LogP contribution in [0.5, 0.6) is 0 Å². The lowest BCUT2D eigenvalue weighted by atomic mass is 9.93. The number of fused-ring (bicyclic) bond motifs is 2. The highest BCUT2D eigenvalue weighted by Gasteiger charge is 2.34. The Morgan fingerprint density at radius 1 is 1.00 bits per heavy atom. The third-order valence-corrected chi connectivity index (χ3v) is 7.56. The topological polar surface area (TPSA) is 62.7 Å². The van der Waals surface area contributed by atoms with Crippen molar-refractivity contribution in [1.29, 1.82) is 5.26 Å². The van der Waals surface area contributed by atoms with E-state index in [2.05, 4.69) is 10.00 Å². The molecule has 186 valence electrons. The fourth-order valence-corrected chi connectivity index (χ4v) is 5.36. The molecule has 3 aromatic heterocycles. The largest absolute Gasteiger partial charge is 0.343 e. The van der Waals surface area contributed by atoms with Gasteiger partial charge in [0.2, 0.25) is 0 Å². The van der Waals surface area contributed by atoms with Crippen LogP contribution in [0.3, 0.4) is 0 Å². The van der Waals surface area contributed by atoms with E-state index in [9.17, 15) is 9.65 Å². The second-order valence-corrected chi connectivity index (χ2v) is 10.0. The van der Waals surface area contributed by atoms with Crippen LogP contribution < -0.4 is 0 Å². The third-order valence-electron chi connectivity index (χ3n) is 7.56. The standard InChI is InChI=1S/C29H26F2N6/c1-35-11-8-29(31,9-12-35)18-37-10-7-23-26(37)17-33-28(20-5-6-25-22(13-20)16-34-36(25)2)27(23)19-3-4-21(15-32)24(30)14-19/h3-7,10,13-14,16-17H,8-9,11-12,18H2,1-2H3. The van der Waals surface area contributed by atoms with E-state index in [0.717, 1.165) is 46.0 Å². The molecule has 2 aromatic carbocycles. The van der Waals surface area contributed by atoms with Crippen molar-refractivity contribution in [3.63, 3.8) is 0 Å². The first-order chi connectivity index (χ1) is 17.8. The summed E-state index contributed by atoms with van der Waals surface area (Å²) in [6.45, 7) is 1.70. The van der Waals surface area contributed by atoms with Gasteiger partial charge in [-0.1, -0.05) is 12.1 Å². The molecule has 1 fully saturated rings. The van der Waals surface area contributed by atoms with Gasteiger partial charge >= 0.3 is 0 Å². The van der Waals surface area contributed by atoms with Gasteiger partial charge in [-0.25, -0.2) is 8.78 Å². The predicted molar refractivity (Wildman–Crippen MR) is 140 cm³/mol. The molecule has 0 amide bonds. The zero-order valence-corrected chi connectivity index (χ0v) is 20.7. The molecule has 0 aliphatic carbocycles. The number of pyridine rings is 1. The van der Waals surface area contributed by atoms with E-state index in [0.29, 0.717) is 24.1 Å². The minimum atomic E-state index is -1.29. The van der Waals surface area contributed by atoms with Gasteiger partial charge in [-0.2, -0.15) is 10.4 Å². The van der Waals surface area contributed by atoms with Crippen LogP contribution in [0.15, 0.2) is 61.1 Å². The zero-order valence-electron chi connectivity index (χ0n) is 20.7. The smallest absolute Gasteiger partial charge is 0.141 e. The first-order valence-electron chi connectivity index (χ1n) is 12.3. The van der Waals surface area contributed by atoms with Crippen molar-refractivity contribution in [2.24, 2.45) is 7.05 Å². The Morgan fingerprint density at radius 3 is 2.54 bits per heavy atom. The summed E-state index contributed by atoms with van der Waals surface area (Å²) in [6, 6.07) is 14.4. The van der Waals surface area contributed by atoms with Crippen LogP contribution in [-0.4, -0.2) is 50.0 Å². The van der Waals surface area contributed by atoms with Crippen LogP contribution in [0.1, 0.15) is 18.4 Å². The Kier molecular flexibility index (Phi) is 5.54. The molecule has 0 bridgehead atoms. The normalized spacial score (nSPS) is 15.9. The molecule has 1 aliphatic rings. The quantitative estimate of drug-likeness (QED) is 0.320. The maximum absolute atomic E-state index is 15.7. The molecule has 0 saturated carbocycles. The van der Waals surface area contributed by atoms with Gasteiger partial charge in [0.25, 0.3) is 0 Å². The number of halogens is 2. The van der Waals surface area contributed by atoms with E-state index >= 15 is 4.39 Å². The average molecular weight is 497 g/mol. The number of nitriles is 1. The molecule has 6 rings (SSSR count). The number of aromatic nitrogens is 4. The molecule has 0 atom stereocenters. The Morgan fingerprint density at radius 2 is 1.78 bits per heavy atom. The molecule has 4 heterocycles. The molecule has 37 heavy (non-hydrogen) atoms. The van der Waals surface area contributed by atoms with Gasteiger partial charge in [0.15, 0.2) is 0 Å². The van der Waals surface area contributed by atoms with E-state index < -0.39 is 11.5 Å². The van der Waals surface area contributed by atoms with Crippen molar-refractivity contribution < 1.29 is 8.78 Å². The minimum Gasteiger partial charge on any atom is -0.343 e. The Bertz CT molecular complexity index is 1680. The monoisotopic (exact) mass is 496 g/mol. The Balaban J connectivity index is 1.52. The van der Waals surface area contributed by atoms with Crippen LogP contribution in [0, 0.1) is 17.1 Å². The van der Waals surface area contributed by atoms with Gasteiger partial charge in [0, 0.05) is 48.2 Å². The summed E-state index contributed by atoms with van der Waals surface area (Å²) in [7, 11) is 3.91. The first-order valence-corrected chi connectivity index (χ1v) is 12.3. The van der Waals surface area contributed by atoms with Crippen molar-refractivity contribution in [2.45, 2.75) is 25.1 Å². The second-order valence-electron chi connectivity index (χ2n) is 10.0. The minimum absolute atomic E-state index is 0.0126. The molecule has 0 N–H and O–H groups in total. The van der Waals surface area contributed by atoms with Crippen LogP contribution in [0.25, 0.3) is 44.2 Å². The highest BCUT2D eigenvalue weighted by atomic mass is 19.1. The maximum Gasteiger partial charge on any atom is 0.141 e. The average Bonchev–Trinajstić information content (AvgIpc) is 3.48. The molecule has 6 nitrogen and oxygen atoms in total. The van der Waals surface area contributed by atoms with Crippen LogP contribution in [0.4, 0.5) is 8.78 Å². The van der Waals surface area contributed by atoms with Gasteiger partial charge in [0.05, 0.1) is 41.2 Å². The number of benzene rings is 2. The van der Waals surface area contributed by atoms with Gasteiger partial charge in [-0.05, 0) is 55.8 Å². The molecule has 1 saturated heterocycles. The number of rotatable bonds is 4. The summed E-state index contributed by atoms with van der Waals surface area (Å²) in [6.07, 6.45) is 6.43. The van der Waals surface area contributed by atoms with E-state index in [1.165, 1.54) is 12.1 Å². The summed E-state index contributed by atoms with van der Waals surface area (Å²) in [5, 5.41) is 15.4. The number of alkyl halides is 1. The molecular weight excluding hydrogens is 470 g/mol. The van der Waals surface area contributed by atoms with Gasteiger partial charge in [-0.15, -0.1) is 0 Å². The Hall–Kier alpha value is -4.09. The van der Waals surface area contributed by atoms with Crippen molar-refractivity contribution in [3.05, 3.63) is 72.4 Å². The summed E-state index contributed by atoms with van der Waals surface area (Å²) in [5.74, 6) is -0.584. The third kappa shape index (κ3) is 4.05. The van der Waals surface area contributed by atoms with Gasteiger partial charge in [-0.3, -0.25) is 9.67 Å². The first kappa shape index (κ1) is 23.3. The Labute approximate surface area is 213 Å². The lowest BCUT2D eigenvalue weighted by Crippen LogP contribution is -2.42. The summed E-state index contributed by atoms with van der Waals surface area (Å²) < 4.78 is 34.2. The van der Waals surface area contributed by atoms with Crippen molar-refractivity contribution >= 4 is 21.8 Å². The summed E-state index contributed by atoms with van der Waals surface area (Å²) >= 11 is 0. The summed E-state index contributed by atoms with van der Waals surface area (Å²) in [4.78, 5) is 6.98. The van der Waals surface area contributed by atoms with Crippen LogP contribution in [-0.2, 0) is 13.6 Å². The highest BCUT2D eigenvalue weighted by molar-refractivity contribution is 6.02. The van der Waals surface area contributed by atoms with E-state index in [1.807, 2.05) is 59.9 Å². The second kappa shape index (κ2) is 8.79. The van der Waals surface area contributed by atoms with E-state index in [4.69, 9.17) is 4.98 Å². The lowest BCUT2D eigenvalue weighted by Gasteiger charge is -2.34. The molecule has 5 aromatic rings. The number of piperidine rings is 1. The number of hydrogen-bond donors (Lipinski definition) is 0. The zero-order chi connectivity index (χ0) is 25.7. The fraction of sp³-hybridized carbons (Fsp3) is 0.276. The molecule has 0 radical (unpaired) electrons. The highest BCUT2D eigenvalue weighted by Crippen LogP contribution is 2.39. The van der Waals surface area contributed by atoms with Gasteiger partial charge in [0.1, 0.15) is 17.6 Å². The molecular formula is C29H26F2N6. The van der Waals surface area contributed by atoms with Crippen molar-refractivity contribution in [2.75, 3.05) is 20.1 Å². The van der Waals surface area contributed by atoms with Crippen LogP contribution >= 0.6 is 0 Å². The lowest BCUT2D eigenvalue weighted by molar-refractivity contribution is 0.0543. The summed E-state index contributed by atoms with van der Waals surface area (Å²) in [5.41, 5.74) is 3.41. The van der Waals surface area contributed by atoms with Crippen LogP contribution in [0.2, 0.25) is 0 Å². The van der Waals surface area contributed by atoms with Crippen molar-refractivity contribution in [1.82, 2.24) is 24.2 Å². The predicted octanol–water partition coefficient (Wildman–Crippen LogP) is 5.70. The molecule has 8 heteroatoms. The number of likely N-dealkylation sites (tertiary alicyclic amines) is 1. The molecule has 0 unspecified atom stereocenters. The SMILES string of the molecule is CN1CCC(F)(Cn2ccc3c(-c4ccc(C#N)c(F)c4)c(-c4ccc5c(cnn5C)c4)ncc32)CC1. The number of nitrogens with zero attached hydrogens (tertiary/aromatic N) is 6. The molecule has 1 aliphatic heterocycles.